The van der Waals surface area contributed by atoms with Gasteiger partial charge in [-0.25, -0.2) is 9.37 Å². The third-order valence-corrected chi connectivity index (χ3v) is 3.80. The van der Waals surface area contributed by atoms with Gasteiger partial charge in [-0.05, 0) is 24.3 Å². The quantitative estimate of drug-likeness (QED) is 0.567. The summed E-state index contributed by atoms with van der Waals surface area (Å²) in [5, 5.41) is 22.4. The topological polar surface area (TPSA) is 85.5 Å². The van der Waals surface area contributed by atoms with Gasteiger partial charge in [0.1, 0.15) is 16.6 Å². The number of aromatic hydroxyl groups is 1. The lowest BCUT2D eigenvalue weighted by atomic mass is 10.2. The van der Waals surface area contributed by atoms with Gasteiger partial charge < -0.3 is 9.84 Å². The van der Waals surface area contributed by atoms with Crippen LogP contribution in [-0.2, 0) is 0 Å². The van der Waals surface area contributed by atoms with Crippen LogP contribution in [0.5, 0.6) is 17.4 Å². The van der Waals surface area contributed by atoms with Crippen molar-refractivity contribution in [2.24, 2.45) is 0 Å². The molecule has 0 aliphatic carbocycles. The van der Waals surface area contributed by atoms with E-state index >= 15 is 0 Å². The largest absolute Gasteiger partial charge is 0.493 e. The molecule has 0 spiro atoms. The Morgan fingerprint density at radius 1 is 1.26 bits per heavy atom. The molecule has 8 heteroatoms. The molecule has 0 saturated heterocycles. The van der Waals surface area contributed by atoms with Gasteiger partial charge in [-0.2, -0.15) is 0 Å². The predicted molar refractivity (Wildman–Crippen MR) is 82.3 cm³/mol. The third kappa shape index (κ3) is 3.27. The zero-order valence-corrected chi connectivity index (χ0v) is 12.3. The molecule has 3 aromatic rings. The highest BCUT2D eigenvalue weighted by molar-refractivity contribution is 7.13. The Bertz CT molecular complexity index is 881. The normalized spacial score (nSPS) is 10.5. The average Bonchev–Trinajstić information content (AvgIpc) is 2.94. The lowest BCUT2D eigenvalue weighted by Crippen LogP contribution is -1.94. The Labute approximate surface area is 133 Å². The first-order valence-electron chi connectivity index (χ1n) is 6.39. The summed E-state index contributed by atoms with van der Waals surface area (Å²) in [4.78, 5) is 14.5. The molecule has 0 aliphatic heterocycles. The molecule has 0 atom stereocenters. The van der Waals surface area contributed by atoms with Crippen LogP contribution in [0.3, 0.4) is 0 Å². The molecule has 0 saturated carbocycles. The van der Waals surface area contributed by atoms with Crippen molar-refractivity contribution in [2.75, 3.05) is 0 Å². The Balaban J connectivity index is 1.99. The van der Waals surface area contributed by atoms with E-state index in [1.165, 1.54) is 35.7 Å². The summed E-state index contributed by atoms with van der Waals surface area (Å²) in [7, 11) is 0. The third-order valence-electron chi connectivity index (χ3n) is 2.92. The number of nitrogens with zero attached hydrogens (tertiary/aromatic N) is 2. The molecular weight excluding hydrogens is 323 g/mol. The van der Waals surface area contributed by atoms with Crippen molar-refractivity contribution in [2.45, 2.75) is 0 Å². The van der Waals surface area contributed by atoms with E-state index in [2.05, 4.69) is 4.98 Å². The second-order valence-electron chi connectivity index (χ2n) is 4.51. The zero-order valence-electron chi connectivity index (χ0n) is 11.5. The molecule has 1 heterocycles. The van der Waals surface area contributed by atoms with Gasteiger partial charge in [-0.15, -0.1) is 11.3 Å². The van der Waals surface area contributed by atoms with Crippen LogP contribution < -0.4 is 4.74 Å². The summed E-state index contributed by atoms with van der Waals surface area (Å²) in [5.41, 5.74) is 0.204. The number of benzene rings is 2. The molecule has 0 amide bonds. The summed E-state index contributed by atoms with van der Waals surface area (Å²) in [6.07, 6.45) is 0. The number of ether oxygens (including phenoxy) is 1. The van der Waals surface area contributed by atoms with E-state index in [0.29, 0.717) is 10.6 Å². The Morgan fingerprint density at radius 3 is 2.74 bits per heavy atom. The maximum atomic E-state index is 13.2. The maximum absolute atomic E-state index is 13.2. The van der Waals surface area contributed by atoms with Crippen molar-refractivity contribution in [3.8, 4) is 28.0 Å². The van der Waals surface area contributed by atoms with Crippen LogP contribution in [0.4, 0.5) is 10.1 Å². The van der Waals surface area contributed by atoms with Crippen LogP contribution >= 0.6 is 11.3 Å². The highest BCUT2D eigenvalue weighted by Crippen LogP contribution is 2.36. The summed E-state index contributed by atoms with van der Waals surface area (Å²) >= 11 is 1.16. The van der Waals surface area contributed by atoms with Gasteiger partial charge in [0.2, 0.25) is 11.6 Å². The molecule has 2 aromatic carbocycles. The first kappa shape index (κ1) is 14.9. The molecule has 0 fully saturated rings. The van der Waals surface area contributed by atoms with Crippen LogP contribution in [0.15, 0.2) is 47.8 Å². The summed E-state index contributed by atoms with van der Waals surface area (Å²) in [6, 6.07) is 9.63. The Kier molecular flexibility index (Phi) is 3.90. The lowest BCUT2D eigenvalue weighted by molar-refractivity contribution is -0.385. The summed E-state index contributed by atoms with van der Waals surface area (Å²) in [6.45, 7) is 0. The molecule has 1 N–H and O–H groups in total. The molecule has 0 aliphatic rings. The van der Waals surface area contributed by atoms with E-state index in [1.54, 1.807) is 6.07 Å². The number of rotatable bonds is 4. The number of aromatic nitrogens is 1. The monoisotopic (exact) mass is 332 g/mol. The van der Waals surface area contributed by atoms with Crippen molar-refractivity contribution in [3.63, 3.8) is 0 Å². The van der Waals surface area contributed by atoms with Gasteiger partial charge in [0, 0.05) is 17.7 Å². The number of nitro groups is 1. The highest BCUT2D eigenvalue weighted by Gasteiger charge is 2.18. The van der Waals surface area contributed by atoms with Crippen molar-refractivity contribution in [3.05, 3.63) is 63.8 Å². The van der Waals surface area contributed by atoms with Gasteiger partial charge in [0.05, 0.1) is 10.3 Å². The standard InChI is InChI=1S/C15H9FN2O4S/c16-10-2-1-3-11(7-10)22-13-5-4-9(6-12(13)18(20)21)15-17-14(19)8-23-15/h1-8,19H. The number of hydrogen-bond donors (Lipinski definition) is 1. The van der Waals surface area contributed by atoms with E-state index in [1.807, 2.05) is 0 Å². The Hall–Kier alpha value is -3.00. The number of hydrogen-bond acceptors (Lipinski definition) is 6. The van der Waals surface area contributed by atoms with E-state index < -0.39 is 10.7 Å². The summed E-state index contributed by atoms with van der Waals surface area (Å²) in [5.74, 6) is -0.495. The van der Waals surface area contributed by atoms with Gasteiger partial charge in [0.15, 0.2) is 0 Å². The first-order chi connectivity index (χ1) is 11.0. The van der Waals surface area contributed by atoms with E-state index in [9.17, 15) is 19.6 Å². The molecular formula is C15H9FN2O4S. The van der Waals surface area contributed by atoms with Gasteiger partial charge in [0.25, 0.3) is 0 Å². The van der Waals surface area contributed by atoms with Crippen LogP contribution in [0, 0.1) is 15.9 Å². The maximum Gasteiger partial charge on any atom is 0.312 e. The van der Waals surface area contributed by atoms with Crippen LogP contribution in [0.2, 0.25) is 0 Å². The molecule has 23 heavy (non-hydrogen) atoms. The number of nitro benzene ring substituents is 1. The molecule has 116 valence electrons. The SMILES string of the molecule is O=[N+]([O-])c1cc(-c2nc(O)cs2)ccc1Oc1cccc(F)c1. The fourth-order valence-corrected chi connectivity index (χ4v) is 2.61. The fourth-order valence-electron chi connectivity index (χ4n) is 1.93. The fraction of sp³-hybridized carbons (Fsp3) is 0. The Morgan fingerprint density at radius 2 is 2.09 bits per heavy atom. The minimum atomic E-state index is -0.592. The lowest BCUT2D eigenvalue weighted by Gasteiger charge is -2.07. The minimum Gasteiger partial charge on any atom is -0.493 e. The van der Waals surface area contributed by atoms with Gasteiger partial charge >= 0.3 is 5.69 Å². The van der Waals surface area contributed by atoms with E-state index in [4.69, 9.17) is 4.74 Å². The zero-order chi connectivity index (χ0) is 16.4. The van der Waals surface area contributed by atoms with Crippen molar-refractivity contribution in [1.82, 2.24) is 4.98 Å². The van der Waals surface area contributed by atoms with E-state index in [0.717, 1.165) is 17.4 Å². The first-order valence-corrected chi connectivity index (χ1v) is 7.27. The minimum absolute atomic E-state index is 0.00914. The van der Waals surface area contributed by atoms with Crippen LogP contribution in [0.1, 0.15) is 0 Å². The van der Waals surface area contributed by atoms with Crippen molar-refractivity contribution in [1.29, 1.82) is 0 Å². The number of halogens is 1. The van der Waals surface area contributed by atoms with Crippen molar-refractivity contribution < 1.29 is 19.2 Å². The average molecular weight is 332 g/mol. The molecule has 3 rings (SSSR count). The second-order valence-corrected chi connectivity index (χ2v) is 5.37. The molecule has 1 aromatic heterocycles. The summed E-state index contributed by atoms with van der Waals surface area (Å²) < 4.78 is 18.6. The molecule has 6 nitrogen and oxygen atoms in total. The second kappa shape index (κ2) is 6.01. The van der Waals surface area contributed by atoms with E-state index in [-0.39, 0.29) is 23.1 Å². The van der Waals surface area contributed by atoms with Crippen LogP contribution in [0.25, 0.3) is 10.6 Å². The highest BCUT2D eigenvalue weighted by atomic mass is 32.1. The van der Waals surface area contributed by atoms with Gasteiger partial charge in [-0.1, -0.05) is 6.07 Å². The smallest absolute Gasteiger partial charge is 0.312 e. The molecule has 0 unspecified atom stereocenters. The predicted octanol–water partition coefficient (Wildman–Crippen LogP) is 4.36. The molecule has 0 bridgehead atoms. The molecule has 0 radical (unpaired) electrons. The number of thiazole rings is 1. The van der Waals surface area contributed by atoms with Crippen molar-refractivity contribution >= 4 is 17.0 Å². The van der Waals surface area contributed by atoms with Gasteiger partial charge in [-0.3, -0.25) is 10.1 Å². The van der Waals surface area contributed by atoms with Crippen LogP contribution in [-0.4, -0.2) is 15.0 Å².